The lowest BCUT2D eigenvalue weighted by Gasteiger charge is -2.48. The van der Waals surface area contributed by atoms with Gasteiger partial charge in [-0.05, 0) is 44.2 Å². The minimum Gasteiger partial charge on any atom is -0.451 e. The maximum Gasteiger partial charge on any atom is 0.336 e. The molecule has 6 unspecified atom stereocenters. The monoisotopic (exact) mass is 564 g/mol. The van der Waals surface area contributed by atoms with Crippen molar-refractivity contribution in [2.45, 2.75) is 53.7 Å². The third-order valence-electron chi connectivity index (χ3n) is 6.46. The van der Waals surface area contributed by atoms with Crippen molar-refractivity contribution in [1.29, 1.82) is 0 Å². The fourth-order valence-electron chi connectivity index (χ4n) is 4.31. The summed E-state index contributed by atoms with van der Waals surface area (Å²) >= 11 is 13.1. The smallest absolute Gasteiger partial charge is 0.336 e. The van der Waals surface area contributed by atoms with Crippen molar-refractivity contribution in [2.75, 3.05) is 13.2 Å². The molecule has 7 nitrogen and oxygen atoms in total. The van der Waals surface area contributed by atoms with E-state index in [0.29, 0.717) is 9.92 Å². The molecule has 0 amide bonds. The number of hydrogen-bond acceptors (Lipinski definition) is 8. The van der Waals surface area contributed by atoms with Crippen molar-refractivity contribution >= 4 is 40.9 Å². The first kappa shape index (κ1) is 27.5. The zero-order chi connectivity index (χ0) is 26.4. The number of aliphatic hydroxyl groups is 3. The zero-order valence-corrected chi connectivity index (χ0v) is 21.5. The molecule has 0 saturated carbocycles. The van der Waals surface area contributed by atoms with Gasteiger partial charge in [-0.15, -0.1) is 0 Å². The lowest BCUT2D eigenvalue weighted by atomic mass is 9.80. The summed E-state index contributed by atoms with van der Waals surface area (Å²) < 4.78 is 45.2. The molecule has 1 saturated heterocycles. The molecule has 1 fully saturated rings. The Bertz CT molecular complexity index is 1140. The van der Waals surface area contributed by atoms with Crippen LogP contribution in [0, 0.1) is 5.92 Å². The van der Waals surface area contributed by atoms with Gasteiger partial charge in [-0.3, -0.25) is 0 Å². The van der Waals surface area contributed by atoms with Crippen LogP contribution < -0.4 is 0 Å². The highest BCUT2D eigenvalue weighted by molar-refractivity contribution is 7.99. The highest BCUT2D eigenvalue weighted by Gasteiger charge is 2.54. The summed E-state index contributed by atoms with van der Waals surface area (Å²) in [6.45, 7) is 1.70. The fourth-order valence-corrected chi connectivity index (χ4v) is 5.74. The third-order valence-corrected chi connectivity index (χ3v) is 8.35. The summed E-state index contributed by atoms with van der Waals surface area (Å²) in [6, 6.07) is 4.80. The minimum absolute atomic E-state index is 0.112. The Morgan fingerprint density at radius 3 is 2.61 bits per heavy atom. The predicted octanol–water partition coefficient (Wildman–Crippen LogP) is 3.88. The molecular weight excluding hydrogens is 541 g/mol. The van der Waals surface area contributed by atoms with Crippen molar-refractivity contribution in [1.82, 2.24) is 0 Å². The van der Waals surface area contributed by atoms with E-state index >= 15 is 0 Å². The second-order valence-electron chi connectivity index (χ2n) is 9.09. The Hall–Kier alpha value is -1.50. The summed E-state index contributed by atoms with van der Waals surface area (Å²) in [7, 11) is 0. The number of aliphatic hydroxyl groups excluding tert-OH is 2. The van der Waals surface area contributed by atoms with Gasteiger partial charge in [0.25, 0.3) is 0 Å². The number of benzene rings is 1. The van der Waals surface area contributed by atoms with Crippen molar-refractivity contribution in [3.05, 3.63) is 63.7 Å². The molecule has 0 aromatic heterocycles. The normalized spacial score (nSPS) is 36.4. The van der Waals surface area contributed by atoms with Crippen molar-refractivity contribution < 1.29 is 43.1 Å². The molecule has 3 aliphatic rings. The van der Waals surface area contributed by atoms with Crippen molar-refractivity contribution in [2.24, 2.45) is 5.92 Å². The van der Waals surface area contributed by atoms with E-state index in [1.807, 2.05) is 0 Å². The maximum atomic E-state index is 14.5. The van der Waals surface area contributed by atoms with E-state index in [2.05, 4.69) is 0 Å². The van der Waals surface area contributed by atoms with Crippen molar-refractivity contribution in [3.8, 4) is 0 Å². The Labute approximate surface area is 220 Å². The quantitative estimate of drug-likeness (QED) is 0.447. The van der Waals surface area contributed by atoms with Gasteiger partial charge >= 0.3 is 5.97 Å². The molecule has 36 heavy (non-hydrogen) atoms. The molecule has 7 atom stereocenters. The molecule has 1 aliphatic carbocycles. The minimum atomic E-state index is -1.87. The van der Waals surface area contributed by atoms with Crippen LogP contribution in [0.2, 0.25) is 10.0 Å². The molecule has 3 N–H and O–H groups in total. The molecule has 2 heterocycles. The molecule has 1 aromatic carbocycles. The summed E-state index contributed by atoms with van der Waals surface area (Å²) in [6.07, 6.45) is -0.527. The van der Waals surface area contributed by atoms with Gasteiger partial charge in [0, 0.05) is 4.90 Å². The molecule has 2 aliphatic heterocycles. The van der Waals surface area contributed by atoms with E-state index < -0.39 is 71.7 Å². The predicted molar refractivity (Wildman–Crippen MR) is 129 cm³/mol. The number of carbonyl (C=O) groups excluding carboxylic acids is 1. The SMILES string of the molecule is CC12C=CC(F)=C(F)C1C=C(COC1C(O)[C@@H](Sc3ccc(Cl)c(Cl)c3)OC(CO)C1(C)O)C(=O)O2. The average molecular weight is 565 g/mol. The number of fused-ring (bicyclic) bond motifs is 1. The molecule has 196 valence electrons. The van der Waals surface area contributed by atoms with E-state index in [0.717, 1.165) is 17.8 Å². The molecule has 0 spiro atoms. The van der Waals surface area contributed by atoms with E-state index in [1.165, 1.54) is 26.0 Å². The highest BCUT2D eigenvalue weighted by Crippen LogP contribution is 2.43. The van der Waals surface area contributed by atoms with Crippen LogP contribution in [-0.4, -0.2) is 69.5 Å². The highest BCUT2D eigenvalue weighted by atomic mass is 35.5. The number of halogens is 4. The van der Waals surface area contributed by atoms with E-state index in [-0.39, 0.29) is 10.6 Å². The number of hydrogen-bond donors (Lipinski definition) is 3. The first-order valence-electron chi connectivity index (χ1n) is 11.0. The summed E-state index contributed by atoms with van der Waals surface area (Å²) in [5.74, 6) is -4.15. The number of esters is 1. The molecule has 0 bridgehead atoms. The Kier molecular flexibility index (Phi) is 7.91. The van der Waals surface area contributed by atoms with Crippen LogP contribution in [-0.2, 0) is 19.0 Å². The van der Waals surface area contributed by atoms with Gasteiger partial charge in [0.15, 0.2) is 5.83 Å². The number of carbonyl (C=O) groups is 1. The largest absolute Gasteiger partial charge is 0.451 e. The standard InChI is InChI=1S/C24H24Cl2F2O7S/c1-23-6-5-16(27)18(28)13(23)7-11(21(31)35-23)10-33-20-19(30)22(34-17(9-29)24(20,2)32)36-12-3-4-14(25)15(26)8-12/h3-8,13,17,19-20,22,29-30,32H,9-10H2,1-2H3/t13?,17?,19?,20?,22-,23?,24?/m1/s1. The van der Waals surface area contributed by atoms with Crippen LogP contribution >= 0.6 is 35.0 Å². The molecule has 12 heteroatoms. The molecular formula is C24H24Cl2F2O7S. The number of ether oxygens (including phenoxy) is 3. The van der Waals surface area contributed by atoms with Crippen LogP contribution in [0.5, 0.6) is 0 Å². The lowest BCUT2D eigenvalue weighted by molar-refractivity contribution is -0.261. The van der Waals surface area contributed by atoms with E-state index in [1.54, 1.807) is 18.2 Å². The molecule has 0 radical (unpaired) electrons. The second kappa shape index (κ2) is 10.3. The maximum absolute atomic E-state index is 14.5. The third kappa shape index (κ3) is 5.10. The van der Waals surface area contributed by atoms with Gasteiger partial charge in [-0.25, -0.2) is 13.6 Å². The first-order valence-corrected chi connectivity index (χ1v) is 12.6. The Morgan fingerprint density at radius 1 is 1.22 bits per heavy atom. The van der Waals surface area contributed by atoms with Gasteiger partial charge in [-0.2, -0.15) is 0 Å². The molecule has 1 aromatic rings. The van der Waals surface area contributed by atoms with E-state index in [9.17, 15) is 28.9 Å². The topological polar surface area (TPSA) is 105 Å². The molecule has 4 rings (SSSR count). The van der Waals surface area contributed by atoms with Crippen molar-refractivity contribution in [3.63, 3.8) is 0 Å². The van der Waals surface area contributed by atoms with Gasteiger partial charge in [-0.1, -0.05) is 41.0 Å². The summed E-state index contributed by atoms with van der Waals surface area (Å²) in [5, 5.41) is 32.5. The van der Waals surface area contributed by atoms with Gasteiger partial charge in [0.2, 0.25) is 0 Å². The summed E-state index contributed by atoms with van der Waals surface area (Å²) in [5.41, 5.74) is -4.38. The fraction of sp³-hybridized carbons (Fsp3) is 0.458. The van der Waals surface area contributed by atoms with E-state index in [4.69, 9.17) is 37.4 Å². The van der Waals surface area contributed by atoms with Crippen LogP contribution in [0.3, 0.4) is 0 Å². The second-order valence-corrected chi connectivity index (χ2v) is 11.1. The average Bonchev–Trinajstić information content (AvgIpc) is 2.81. The number of allylic oxidation sites excluding steroid dienone is 2. The zero-order valence-electron chi connectivity index (χ0n) is 19.2. The first-order chi connectivity index (χ1) is 16.9. The van der Waals surface area contributed by atoms with Gasteiger partial charge in [0.05, 0.1) is 34.8 Å². The van der Waals surface area contributed by atoms with Crippen LogP contribution in [0.4, 0.5) is 8.78 Å². The van der Waals surface area contributed by atoms with Crippen LogP contribution in [0.15, 0.2) is 58.5 Å². The number of thioether (sulfide) groups is 1. The number of rotatable bonds is 6. The van der Waals surface area contributed by atoms with Gasteiger partial charge < -0.3 is 29.5 Å². The lowest BCUT2D eigenvalue weighted by Crippen LogP contribution is -2.65. The summed E-state index contributed by atoms with van der Waals surface area (Å²) in [4.78, 5) is 13.2. The Balaban J connectivity index is 1.55. The van der Waals surface area contributed by atoms with Crippen LogP contribution in [0.1, 0.15) is 13.8 Å². The van der Waals surface area contributed by atoms with Gasteiger partial charge in [0.1, 0.15) is 40.8 Å². The van der Waals surface area contributed by atoms with Crippen LogP contribution in [0.25, 0.3) is 0 Å². The Morgan fingerprint density at radius 2 is 1.94 bits per heavy atom.